The first-order valence-electron chi connectivity index (χ1n) is 11.5. The van der Waals surface area contributed by atoms with Gasteiger partial charge in [0.25, 0.3) is 5.91 Å². The number of hydrogen-bond donors (Lipinski definition) is 2. The number of carbonyl (C=O) groups excluding carboxylic acids is 1. The lowest BCUT2D eigenvalue weighted by Crippen LogP contribution is -2.24. The van der Waals surface area contributed by atoms with Crippen LogP contribution < -0.4 is 10.1 Å². The van der Waals surface area contributed by atoms with Crippen molar-refractivity contribution in [1.82, 2.24) is 10.3 Å². The Labute approximate surface area is 195 Å². The van der Waals surface area contributed by atoms with E-state index >= 15 is 0 Å². The topological polar surface area (TPSA) is 71.5 Å². The summed E-state index contributed by atoms with van der Waals surface area (Å²) >= 11 is 0. The number of aliphatic hydroxyl groups is 1. The van der Waals surface area contributed by atoms with E-state index in [1.54, 1.807) is 6.20 Å². The first-order valence-corrected chi connectivity index (χ1v) is 11.5. The van der Waals surface area contributed by atoms with E-state index in [0.717, 1.165) is 35.1 Å². The molecule has 2 aromatic carbocycles. The third-order valence-corrected chi connectivity index (χ3v) is 6.02. The van der Waals surface area contributed by atoms with Gasteiger partial charge in [-0.1, -0.05) is 69.3 Å². The van der Waals surface area contributed by atoms with Gasteiger partial charge in [-0.05, 0) is 52.5 Å². The number of nitrogens with zero attached hydrogens (tertiary/aromatic N) is 1. The van der Waals surface area contributed by atoms with Crippen molar-refractivity contribution in [3.05, 3.63) is 83.0 Å². The van der Waals surface area contributed by atoms with Crippen LogP contribution in [-0.4, -0.2) is 22.6 Å². The Morgan fingerprint density at radius 2 is 1.85 bits per heavy atom. The predicted octanol–water partition coefficient (Wildman–Crippen LogP) is 5.26. The first-order chi connectivity index (χ1) is 15.8. The maximum absolute atomic E-state index is 13.2. The smallest absolute Gasteiger partial charge is 0.257 e. The number of ether oxygens (including phenoxy) is 1. The molecule has 33 heavy (non-hydrogen) atoms. The van der Waals surface area contributed by atoms with Crippen LogP contribution in [0.2, 0.25) is 0 Å². The van der Waals surface area contributed by atoms with Crippen LogP contribution in [0.5, 0.6) is 5.88 Å². The average Bonchev–Trinajstić information content (AvgIpc) is 3.65. The van der Waals surface area contributed by atoms with Crippen molar-refractivity contribution in [2.75, 3.05) is 6.61 Å². The molecule has 2 N–H and O–H groups in total. The third kappa shape index (κ3) is 5.79. The van der Waals surface area contributed by atoms with Crippen LogP contribution in [0.1, 0.15) is 60.7 Å². The minimum absolute atomic E-state index is 0.0812. The summed E-state index contributed by atoms with van der Waals surface area (Å²) in [5.41, 5.74) is 5.21. The Balaban J connectivity index is 1.55. The summed E-state index contributed by atoms with van der Waals surface area (Å²) in [6.07, 6.45) is 4.03. The summed E-state index contributed by atoms with van der Waals surface area (Å²) in [6, 6.07) is 17.7. The van der Waals surface area contributed by atoms with Gasteiger partial charge in [0.1, 0.15) is 5.56 Å². The molecule has 1 saturated carbocycles. The second-order valence-corrected chi connectivity index (χ2v) is 9.78. The number of hydrogen-bond acceptors (Lipinski definition) is 4. The van der Waals surface area contributed by atoms with Crippen LogP contribution in [0.3, 0.4) is 0 Å². The lowest BCUT2D eigenvalue weighted by molar-refractivity contribution is 0.0945. The molecule has 0 spiro atoms. The molecule has 1 aliphatic rings. The van der Waals surface area contributed by atoms with Gasteiger partial charge < -0.3 is 15.2 Å². The van der Waals surface area contributed by atoms with E-state index in [4.69, 9.17) is 4.74 Å². The number of aliphatic hydroxyl groups excluding tert-OH is 1. The molecule has 1 aliphatic carbocycles. The normalized spacial score (nSPS) is 13.6. The molecule has 172 valence electrons. The molecule has 1 heterocycles. The van der Waals surface area contributed by atoms with Crippen LogP contribution in [-0.2, 0) is 18.6 Å². The van der Waals surface area contributed by atoms with E-state index in [2.05, 4.69) is 55.3 Å². The molecule has 0 atom stereocenters. The zero-order valence-corrected chi connectivity index (χ0v) is 19.6. The molecule has 0 saturated heterocycles. The van der Waals surface area contributed by atoms with E-state index in [1.165, 1.54) is 5.56 Å². The highest BCUT2D eigenvalue weighted by atomic mass is 16.5. The number of rotatable bonds is 8. The van der Waals surface area contributed by atoms with E-state index in [9.17, 15) is 9.90 Å². The maximum atomic E-state index is 13.2. The minimum Gasteiger partial charge on any atom is -0.477 e. The van der Waals surface area contributed by atoms with Gasteiger partial charge in [0.05, 0.1) is 13.2 Å². The summed E-state index contributed by atoms with van der Waals surface area (Å²) in [7, 11) is 0. The molecule has 0 bridgehead atoms. The Hall–Kier alpha value is -3.18. The second kappa shape index (κ2) is 9.75. The van der Waals surface area contributed by atoms with Crippen LogP contribution >= 0.6 is 0 Å². The zero-order chi connectivity index (χ0) is 23.4. The Morgan fingerprint density at radius 1 is 1.12 bits per heavy atom. The van der Waals surface area contributed by atoms with Gasteiger partial charge in [0.15, 0.2) is 0 Å². The van der Waals surface area contributed by atoms with Crippen molar-refractivity contribution in [2.45, 2.75) is 52.2 Å². The van der Waals surface area contributed by atoms with Crippen molar-refractivity contribution in [1.29, 1.82) is 0 Å². The third-order valence-electron chi connectivity index (χ3n) is 6.02. The van der Waals surface area contributed by atoms with Gasteiger partial charge in [0.2, 0.25) is 5.88 Å². The molecule has 5 heteroatoms. The van der Waals surface area contributed by atoms with Crippen molar-refractivity contribution >= 4 is 5.91 Å². The quantitative estimate of drug-likeness (QED) is 0.497. The lowest BCUT2D eigenvalue weighted by atomic mass is 9.87. The Morgan fingerprint density at radius 3 is 2.52 bits per heavy atom. The number of aromatic nitrogens is 1. The largest absolute Gasteiger partial charge is 0.477 e. The van der Waals surface area contributed by atoms with Crippen molar-refractivity contribution in [2.24, 2.45) is 5.92 Å². The summed E-state index contributed by atoms with van der Waals surface area (Å²) in [5.74, 6) is 0.683. The second-order valence-electron chi connectivity index (χ2n) is 9.78. The van der Waals surface area contributed by atoms with E-state index < -0.39 is 0 Å². The van der Waals surface area contributed by atoms with Gasteiger partial charge in [-0.25, -0.2) is 4.98 Å². The highest BCUT2D eigenvalue weighted by Gasteiger charge is 2.24. The van der Waals surface area contributed by atoms with Crippen molar-refractivity contribution in [3.63, 3.8) is 0 Å². The van der Waals surface area contributed by atoms with E-state index in [1.807, 2.05) is 30.3 Å². The highest BCUT2D eigenvalue weighted by Crippen LogP contribution is 2.31. The summed E-state index contributed by atoms with van der Waals surface area (Å²) in [4.78, 5) is 17.7. The fourth-order valence-corrected chi connectivity index (χ4v) is 3.70. The highest BCUT2D eigenvalue weighted by molar-refractivity contribution is 5.97. The lowest BCUT2D eigenvalue weighted by Gasteiger charge is -2.19. The molecule has 3 aromatic rings. The Bertz CT molecular complexity index is 1110. The molecule has 0 radical (unpaired) electrons. The van der Waals surface area contributed by atoms with Gasteiger partial charge in [-0.15, -0.1) is 0 Å². The zero-order valence-electron chi connectivity index (χ0n) is 19.6. The number of carbonyl (C=O) groups is 1. The molecule has 4 rings (SSSR count). The van der Waals surface area contributed by atoms with Gasteiger partial charge in [0, 0.05) is 18.3 Å². The average molecular weight is 445 g/mol. The summed E-state index contributed by atoms with van der Waals surface area (Å²) in [5, 5.41) is 12.7. The fourth-order valence-electron chi connectivity index (χ4n) is 3.70. The monoisotopic (exact) mass is 444 g/mol. The van der Waals surface area contributed by atoms with Crippen LogP contribution in [0.4, 0.5) is 0 Å². The number of nitrogens with one attached hydrogen (secondary N) is 1. The summed E-state index contributed by atoms with van der Waals surface area (Å²) in [6.45, 7) is 7.46. The molecule has 0 aliphatic heterocycles. The molecule has 1 aromatic heterocycles. The van der Waals surface area contributed by atoms with Crippen LogP contribution in [0.25, 0.3) is 11.1 Å². The maximum Gasteiger partial charge on any atom is 0.257 e. The predicted molar refractivity (Wildman–Crippen MR) is 130 cm³/mol. The van der Waals surface area contributed by atoms with Gasteiger partial charge >= 0.3 is 0 Å². The van der Waals surface area contributed by atoms with Crippen LogP contribution in [0.15, 0.2) is 60.8 Å². The standard InChI is InChI=1S/C28H32N2O3/c1-28(2,3)23-12-10-19(11-13-23)15-29-26(32)25-14-22(24-7-5-4-6-21(24)17-31)16-30-27(25)33-18-20-8-9-20/h4-7,10-14,16,20,31H,8-9,15,17-18H2,1-3H3,(H,29,32). The minimum atomic E-state index is -0.225. The van der Waals surface area contributed by atoms with Crippen molar-refractivity contribution in [3.8, 4) is 17.0 Å². The van der Waals surface area contributed by atoms with Crippen molar-refractivity contribution < 1.29 is 14.6 Å². The Kier molecular flexibility index (Phi) is 6.80. The molecule has 0 unspecified atom stereocenters. The van der Waals surface area contributed by atoms with Gasteiger partial charge in [-0.3, -0.25) is 4.79 Å². The summed E-state index contributed by atoms with van der Waals surface area (Å²) < 4.78 is 5.91. The molecule has 1 amide bonds. The molecule has 5 nitrogen and oxygen atoms in total. The van der Waals surface area contributed by atoms with E-state index in [-0.39, 0.29) is 17.9 Å². The van der Waals surface area contributed by atoms with Crippen LogP contribution in [0, 0.1) is 5.92 Å². The van der Waals surface area contributed by atoms with Gasteiger partial charge in [-0.2, -0.15) is 0 Å². The SMILES string of the molecule is CC(C)(C)c1ccc(CNC(=O)c2cc(-c3ccccc3CO)cnc2OCC2CC2)cc1. The first kappa shape index (κ1) is 23.0. The number of pyridine rings is 1. The number of benzene rings is 2. The molecular formula is C28H32N2O3. The van der Waals surface area contributed by atoms with E-state index in [0.29, 0.717) is 30.5 Å². The molecular weight excluding hydrogens is 412 g/mol. The number of amides is 1. The molecule has 1 fully saturated rings. The fraction of sp³-hybridized carbons (Fsp3) is 0.357.